The van der Waals surface area contributed by atoms with Crippen LogP contribution in [0.5, 0.6) is 0 Å². The van der Waals surface area contributed by atoms with E-state index in [0.717, 1.165) is 19.5 Å². The number of carbonyl (C=O) groups is 1. The van der Waals surface area contributed by atoms with Crippen molar-refractivity contribution in [2.24, 2.45) is 11.8 Å². The smallest absolute Gasteiger partial charge is 0.223 e. The van der Waals surface area contributed by atoms with Crippen LogP contribution in [0.3, 0.4) is 0 Å². The van der Waals surface area contributed by atoms with E-state index in [9.17, 15) is 4.79 Å². The third-order valence-electron chi connectivity index (χ3n) is 4.35. The molecule has 0 radical (unpaired) electrons. The molecule has 3 heteroatoms. The molecule has 0 aromatic heterocycles. The van der Waals surface area contributed by atoms with Gasteiger partial charge in [0.15, 0.2) is 0 Å². The third-order valence-corrected chi connectivity index (χ3v) is 4.35. The second-order valence-electron chi connectivity index (χ2n) is 5.71. The van der Waals surface area contributed by atoms with Crippen LogP contribution in [0.2, 0.25) is 0 Å². The minimum atomic E-state index is 0.227. The van der Waals surface area contributed by atoms with Crippen LogP contribution in [0.15, 0.2) is 30.3 Å². The second kappa shape index (κ2) is 6.89. The van der Waals surface area contributed by atoms with Crippen LogP contribution in [0.25, 0.3) is 0 Å². The van der Waals surface area contributed by atoms with Gasteiger partial charge < -0.3 is 5.32 Å². The number of amides is 1. The molecule has 0 bridgehead atoms. The monoisotopic (exact) mass is 274 g/mol. The first kappa shape index (κ1) is 15.0. The van der Waals surface area contributed by atoms with Crippen molar-refractivity contribution in [1.29, 1.82) is 0 Å². The summed E-state index contributed by atoms with van der Waals surface area (Å²) in [6.07, 6.45) is 1.05. The average molecular weight is 274 g/mol. The molecule has 2 rings (SSSR count). The summed E-state index contributed by atoms with van der Waals surface area (Å²) in [5.41, 5.74) is 1.28. The first-order valence-electron chi connectivity index (χ1n) is 7.74. The van der Waals surface area contributed by atoms with E-state index in [1.165, 1.54) is 5.56 Å². The maximum Gasteiger partial charge on any atom is 0.223 e. The minimum absolute atomic E-state index is 0.227. The van der Waals surface area contributed by atoms with Crippen LogP contribution in [-0.4, -0.2) is 30.4 Å². The summed E-state index contributed by atoms with van der Waals surface area (Å²) in [6.45, 7) is 9.17. The topological polar surface area (TPSA) is 32.3 Å². The van der Waals surface area contributed by atoms with Gasteiger partial charge >= 0.3 is 0 Å². The van der Waals surface area contributed by atoms with Crippen molar-refractivity contribution in [2.75, 3.05) is 19.6 Å². The maximum absolute atomic E-state index is 12.0. The van der Waals surface area contributed by atoms with Gasteiger partial charge in [-0.2, -0.15) is 0 Å². The Bertz CT molecular complexity index is 428. The van der Waals surface area contributed by atoms with Crippen LogP contribution >= 0.6 is 0 Å². The lowest BCUT2D eigenvalue weighted by Gasteiger charge is -2.30. The number of carbonyl (C=O) groups excluding carboxylic acids is 1. The molecule has 1 amide bonds. The molecule has 0 aliphatic heterocycles. The number of hydrogen-bond acceptors (Lipinski definition) is 2. The normalized spacial score (nSPS) is 22.6. The number of benzene rings is 1. The maximum atomic E-state index is 12.0. The Morgan fingerprint density at radius 2 is 1.90 bits per heavy atom. The van der Waals surface area contributed by atoms with E-state index in [0.29, 0.717) is 12.5 Å². The summed E-state index contributed by atoms with van der Waals surface area (Å²) >= 11 is 0. The number of nitrogens with zero attached hydrogens (tertiary/aromatic N) is 1. The van der Waals surface area contributed by atoms with E-state index in [1.807, 2.05) is 6.07 Å². The van der Waals surface area contributed by atoms with Gasteiger partial charge in [-0.05, 0) is 31.0 Å². The molecule has 1 aromatic carbocycles. The van der Waals surface area contributed by atoms with Gasteiger partial charge in [0.1, 0.15) is 0 Å². The quantitative estimate of drug-likeness (QED) is 0.829. The molecule has 1 aromatic rings. The fourth-order valence-corrected chi connectivity index (χ4v) is 2.81. The highest BCUT2D eigenvalue weighted by Crippen LogP contribution is 2.37. The molecule has 110 valence electrons. The van der Waals surface area contributed by atoms with Gasteiger partial charge in [0, 0.05) is 12.5 Å². The van der Waals surface area contributed by atoms with Crippen LogP contribution in [0.4, 0.5) is 0 Å². The highest BCUT2D eigenvalue weighted by Gasteiger charge is 2.39. The fraction of sp³-hybridized carbons (Fsp3) is 0.588. The van der Waals surface area contributed by atoms with Crippen LogP contribution in [0, 0.1) is 11.8 Å². The molecule has 3 atom stereocenters. The molecule has 0 spiro atoms. The Labute approximate surface area is 122 Å². The Kier molecular flexibility index (Phi) is 5.18. The highest BCUT2D eigenvalue weighted by molar-refractivity contribution is 5.81. The van der Waals surface area contributed by atoms with Crippen molar-refractivity contribution in [1.82, 2.24) is 10.2 Å². The van der Waals surface area contributed by atoms with Crippen molar-refractivity contribution in [3.05, 3.63) is 35.9 Å². The Morgan fingerprint density at radius 1 is 1.30 bits per heavy atom. The minimum Gasteiger partial charge on any atom is -0.354 e. The highest BCUT2D eigenvalue weighted by atomic mass is 16.2. The third kappa shape index (κ3) is 3.60. The number of rotatable bonds is 7. The van der Waals surface area contributed by atoms with Crippen molar-refractivity contribution < 1.29 is 4.79 Å². The number of likely N-dealkylation sites (N-methyl/N-ethyl adjacent to an activating group) is 1. The molecule has 1 fully saturated rings. The first-order chi connectivity index (χ1) is 9.67. The zero-order valence-electron chi connectivity index (χ0n) is 12.8. The molecule has 0 heterocycles. The average Bonchev–Trinajstić information content (AvgIpc) is 3.21. The van der Waals surface area contributed by atoms with Gasteiger partial charge in [-0.15, -0.1) is 0 Å². The molecule has 3 nitrogen and oxygen atoms in total. The first-order valence-corrected chi connectivity index (χ1v) is 7.74. The summed E-state index contributed by atoms with van der Waals surface area (Å²) in [5, 5.41) is 3.14. The van der Waals surface area contributed by atoms with E-state index in [-0.39, 0.29) is 17.9 Å². The molecule has 1 saturated carbocycles. The lowest BCUT2D eigenvalue weighted by molar-refractivity contribution is -0.122. The van der Waals surface area contributed by atoms with E-state index < -0.39 is 0 Å². The Balaban J connectivity index is 2.01. The predicted octanol–water partition coefficient (Wildman–Crippen LogP) is 2.84. The zero-order chi connectivity index (χ0) is 14.5. The molecule has 20 heavy (non-hydrogen) atoms. The molecule has 1 aliphatic carbocycles. The summed E-state index contributed by atoms with van der Waals surface area (Å²) in [6, 6.07) is 10.7. The van der Waals surface area contributed by atoms with E-state index >= 15 is 0 Å². The zero-order valence-corrected chi connectivity index (χ0v) is 12.8. The summed E-state index contributed by atoms with van der Waals surface area (Å²) in [4.78, 5) is 14.4. The largest absolute Gasteiger partial charge is 0.354 e. The van der Waals surface area contributed by atoms with Crippen molar-refractivity contribution in [3.63, 3.8) is 0 Å². The van der Waals surface area contributed by atoms with Crippen LogP contribution in [0.1, 0.15) is 38.8 Å². The Morgan fingerprint density at radius 3 is 2.40 bits per heavy atom. The van der Waals surface area contributed by atoms with E-state index in [4.69, 9.17) is 0 Å². The van der Waals surface area contributed by atoms with Gasteiger partial charge in [-0.25, -0.2) is 0 Å². The number of hydrogen-bond donors (Lipinski definition) is 1. The molecule has 0 saturated heterocycles. The molecular formula is C17H26N2O. The second-order valence-corrected chi connectivity index (χ2v) is 5.71. The summed E-state index contributed by atoms with van der Waals surface area (Å²) in [5.74, 6) is 1.05. The van der Waals surface area contributed by atoms with E-state index in [1.54, 1.807) is 0 Å². The standard InChI is InChI=1S/C17H26N2O/c1-4-19(5-2)16(14-9-7-6-8-10-14)12-18-17(20)15-11-13(15)3/h6-10,13,15-16H,4-5,11-12H2,1-3H3,(H,18,20)/t13-,15+,16-/m0/s1. The molecule has 0 unspecified atom stereocenters. The predicted molar refractivity (Wildman–Crippen MR) is 82.4 cm³/mol. The van der Waals surface area contributed by atoms with Crippen molar-refractivity contribution in [2.45, 2.75) is 33.2 Å². The van der Waals surface area contributed by atoms with Crippen LogP contribution in [-0.2, 0) is 4.79 Å². The van der Waals surface area contributed by atoms with Gasteiger partial charge in [0.25, 0.3) is 0 Å². The van der Waals surface area contributed by atoms with Crippen molar-refractivity contribution >= 4 is 5.91 Å². The van der Waals surface area contributed by atoms with Gasteiger partial charge in [-0.3, -0.25) is 9.69 Å². The van der Waals surface area contributed by atoms with Crippen molar-refractivity contribution in [3.8, 4) is 0 Å². The van der Waals surface area contributed by atoms with Gasteiger partial charge in [0.2, 0.25) is 5.91 Å². The van der Waals surface area contributed by atoms with Gasteiger partial charge in [-0.1, -0.05) is 51.1 Å². The van der Waals surface area contributed by atoms with Gasteiger partial charge in [0.05, 0.1) is 6.04 Å². The summed E-state index contributed by atoms with van der Waals surface area (Å²) in [7, 11) is 0. The van der Waals surface area contributed by atoms with Crippen LogP contribution < -0.4 is 5.32 Å². The fourth-order valence-electron chi connectivity index (χ4n) is 2.81. The lowest BCUT2D eigenvalue weighted by Crippen LogP contribution is -2.38. The molecule has 1 N–H and O–H groups in total. The SMILES string of the molecule is CCN(CC)[C@@H](CNC(=O)[C@@H]1C[C@@H]1C)c1ccccc1. The van der Waals surface area contributed by atoms with E-state index in [2.05, 4.69) is 55.3 Å². The number of nitrogens with one attached hydrogen (secondary N) is 1. The Hall–Kier alpha value is -1.35. The molecular weight excluding hydrogens is 248 g/mol. The molecule has 1 aliphatic rings. The summed E-state index contributed by atoms with van der Waals surface area (Å²) < 4.78 is 0. The lowest BCUT2D eigenvalue weighted by atomic mass is 10.0.